The molecule has 7 heteroatoms. The Balaban J connectivity index is 0.00000192. The molecule has 0 bridgehead atoms. The zero-order valence-electron chi connectivity index (χ0n) is 13.6. The molecule has 23 heavy (non-hydrogen) atoms. The summed E-state index contributed by atoms with van der Waals surface area (Å²) in [6.07, 6.45) is 1.70. The molecule has 1 N–H and O–H groups in total. The van der Waals surface area contributed by atoms with E-state index in [0.717, 1.165) is 11.3 Å². The van der Waals surface area contributed by atoms with Gasteiger partial charge in [0.05, 0.1) is 11.9 Å². The maximum absolute atomic E-state index is 12.6. The van der Waals surface area contributed by atoms with E-state index in [-0.39, 0.29) is 18.3 Å². The van der Waals surface area contributed by atoms with Gasteiger partial charge in [0, 0.05) is 25.2 Å². The van der Waals surface area contributed by atoms with Crippen molar-refractivity contribution < 1.29 is 4.79 Å². The Labute approximate surface area is 142 Å². The minimum absolute atomic E-state index is 0. The van der Waals surface area contributed by atoms with Gasteiger partial charge in [-0.3, -0.25) is 4.79 Å². The second kappa shape index (κ2) is 7.10. The number of benzene rings is 1. The van der Waals surface area contributed by atoms with E-state index in [2.05, 4.69) is 29.5 Å². The number of halogens is 1. The third-order valence-corrected chi connectivity index (χ3v) is 3.82. The fraction of sp³-hybridized carbons (Fsp3) is 0.438. The Hall–Kier alpha value is -1.92. The lowest BCUT2D eigenvalue weighted by Gasteiger charge is -2.35. The summed E-state index contributed by atoms with van der Waals surface area (Å²) in [4.78, 5) is 14.4. The van der Waals surface area contributed by atoms with Crippen molar-refractivity contribution in [2.45, 2.75) is 32.9 Å². The van der Waals surface area contributed by atoms with Crippen LogP contribution in [0.25, 0.3) is 5.69 Å². The van der Waals surface area contributed by atoms with Gasteiger partial charge in [0.1, 0.15) is 0 Å². The Morgan fingerprint density at radius 3 is 2.61 bits per heavy atom. The molecule has 2 atom stereocenters. The number of hydrogen-bond donors (Lipinski definition) is 1. The van der Waals surface area contributed by atoms with E-state index in [1.165, 1.54) is 0 Å². The van der Waals surface area contributed by atoms with Crippen LogP contribution in [0.5, 0.6) is 0 Å². The average Bonchev–Trinajstić information content (AvgIpc) is 2.95. The quantitative estimate of drug-likeness (QED) is 0.909. The Bertz CT molecular complexity index is 677. The topological polar surface area (TPSA) is 63.1 Å². The third-order valence-electron chi connectivity index (χ3n) is 3.82. The Kier molecular flexibility index (Phi) is 5.38. The van der Waals surface area contributed by atoms with Gasteiger partial charge >= 0.3 is 0 Å². The molecular weight excluding hydrogens is 314 g/mol. The number of aromatic nitrogens is 3. The number of aryl methyl sites for hydroxylation is 1. The molecule has 1 saturated heterocycles. The fourth-order valence-electron chi connectivity index (χ4n) is 2.91. The predicted molar refractivity (Wildman–Crippen MR) is 91.3 cm³/mol. The highest BCUT2D eigenvalue weighted by molar-refractivity contribution is 5.92. The number of piperazine rings is 1. The van der Waals surface area contributed by atoms with Gasteiger partial charge in [-0.25, -0.2) is 4.68 Å². The van der Waals surface area contributed by atoms with Crippen LogP contribution in [0.3, 0.4) is 0 Å². The minimum atomic E-state index is -0.0564. The van der Waals surface area contributed by atoms with Crippen molar-refractivity contribution in [1.82, 2.24) is 25.2 Å². The first-order chi connectivity index (χ1) is 10.5. The molecule has 1 aliphatic heterocycles. The molecule has 1 aliphatic rings. The van der Waals surface area contributed by atoms with Crippen molar-refractivity contribution in [3.8, 4) is 5.69 Å². The molecule has 0 saturated carbocycles. The summed E-state index contributed by atoms with van der Waals surface area (Å²) < 4.78 is 1.65. The number of nitrogens with one attached hydrogen (secondary N) is 1. The van der Waals surface area contributed by atoms with E-state index in [1.54, 1.807) is 10.9 Å². The molecule has 1 aromatic heterocycles. The average molecular weight is 336 g/mol. The van der Waals surface area contributed by atoms with Crippen LogP contribution < -0.4 is 5.32 Å². The van der Waals surface area contributed by atoms with Gasteiger partial charge in [-0.15, -0.1) is 17.5 Å². The maximum Gasteiger partial charge on any atom is 0.276 e. The van der Waals surface area contributed by atoms with Crippen LogP contribution in [-0.4, -0.2) is 51.0 Å². The van der Waals surface area contributed by atoms with Gasteiger partial charge in [-0.2, -0.15) is 0 Å². The van der Waals surface area contributed by atoms with Crippen LogP contribution >= 0.6 is 12.4 Å². The summed E-state index contributed by atoms with van der Waals surface area (Å²) >= 11 is 0. The molecule has 1 fully saturated rings. The number of amides is 1. The fourth-order valence-corrected chi connectivity index (χ4v) is 2.91. The van der Waals surface area contributed by atoms with Gasteiger partial charge in [0.25, 0.3) is 5.91 Å². The lowest BCUT2D eigenvalue weighted by Crippen LogP contribution is -2.55. The minimum Gasteiger partial charge on any atom is -0.334 e. The predicted octanol–water partition coefficient (Wildman–Crippen LogP) is 1.82. The monoisotopic (exact) mass is 335 g/mol. The van der Waals surface area contributed by atoms with Crippen LogP contribution in [0.1, 0.15) is 29.9 Å². The second-order valence-corrected chi connectivity index (χ2v) is 6.07. The first-order valence-corrected chi connectivity index (χ1v) is 7.57. The zero-order chi connectivity index (χ0) is 15.7. The van der Waals surface area contributed by atoms with Crippen molar-refractivity contribution in [2.75, 3.05) is 13.1 Å². The normalized spacial score (nSPS) is 20.9. The number of nitrogens with zero attached hydrogens (tertiary/aromatic N) is 4. The van der Waals surface area contributed by atoms with E-state index in [0.29, 0.717) is 30.9 Å². The van der Waals surface area contributed by atoms with Crippen molar-refractivity contribution >= 4 is 18.3 Å². The number of carbonyl (C=O) groups is 1. The molecule has 0 aliphatic carbocycles. The number of rotatable bonds is 2. The smallest absolute Gasteiger partial charge is 0.276 e. The molecule has 3 rings (SSSR count). The lowest BCUT2D eigenvalue weighted by molar-refractivity contribution is 0.0667. The van der Waals surface area contributed by atoms with Gasteiger partial charge in [0.2, 0.25) is 0 Å². The molecule has 0 radical (unpaired) electrons. The maximum atomic E-state index is 12.6. The molecule has 2 aromatic rings. The number of hydrogen-bond acceptors (Lipinski definition) is 4. The second-order valence-electron chi connectivity index (χ2n) is 6.07. The van der Waals surface area contributed by atoms with Crippen LogP contribution in [0.4, 0.5) is 0 Å². The summed E-state index contributed by atoms with van der Waals surface area (Å²) in [6, 6.07) is 8.53. The Morgan fingerprint density at radius 2 is 1.96 bits per heavy atom. The van der Waals surface area contributed by atoms with Crippen LogP contribution in [0.15, 0.2) is 30.5 Å². The molecule has 0 spiro atoms. The van der Waals surface area contributed by atoms with Crippen molar-refractivity contribution in [3.63, 3.8) is 0 Å². The van der Waals surface area contributed by atoms with E-state index < -0.39 is 0 Å². The van der Waals surface area contributed by atoms with Crippen LogP contribution in [0, 0.1) is 6.92 Å². The Morgan fingerprint density at radius 1 is 1.26 bits per heavy atom. The molecule has 6 nitrogen and oxygen atoms in total. The zero-order valence-corrected chi connectivity index (χ0v) is 14.4. The summed E-state index contributed by atoms with van der Waals surface area (Å²) in [7, 11) is 0. The van der Waals surface area contributed by atoms with Crippen molar-refractivity contribution in [3.05, 3.63) is 41.7 Å². The van der Waals surface area contributed by atoms with E-state index in [9.17, 15) is 4.79 Å². The summed E-state index contributed by atoms with van der Waals surface area (Å²) in [6.45, 7) is 7.58. The summed E-state index contributed by atoms with van der Waals surface area (Å²) in [5, 5.41) is 11.6. The molecule has 124 valence electrons. The first-order valence-electron chi connectivity index (χ1n) is 7.57. The van der Waals surface area contributed by atoms with Crippen LogP contribution in [0.2, 0.25) is 0 Å². The SMILES string of the molecule is Cc1cccc(-n2cc(C(=O)N3CC(C)NC(C)C3)nn2)c1.Cl. The molecule has 2 heterocycles. The van der Waals surface area contributed by atoms with E-state index in [1.807, 2.05) is 36.1 Å². The van der Waals surface area contributed by atoms with Gasteiger partial charge in [-0.05, 0) is 38.5 Å². The van der Waals surface area contributed by atoms with Gasteiger partial charge in [0.15, 0.2) is 5.69 Å². The largest absolute Gasteiger partial charge is 0.334 e. The lowest BCUT2D eigenvalue weighted by atomic mass is 10.1. The molecule has 1 aromatic carbocycles. The highest BCUT2D eigenvalue weighted by Gasteiger charge is 2.27. The summed E-state index contributed by atoms with van der Waals surface area (Å²) in [5.41, 5.74) is 2.45. The number of carbonyl (C=O) groups excluding carboxylic acids is 1. The highest BCUT2D eigenvalue weighted by atomic mass is 35.5. The van der Waals surface area contributed by atoms with Gasteiger partial charge in [-0.1, -0.05) is 17.3 Å². The molecular formula is C16H22ClN5O. The summed E-state index contributed by atoms with van der Waals surface area (Å²) in [5.74, 6) is -0.0564. The van der Waals surface area contributed by atoms with E-state index >= 15 is 0 Å². The third kappa shape index (κ3) is 3.89. The standard InChI is InChI=1S/C16H21N5O.ClH/c1-11-5-4-6-14(7-11)21-10-15(18-19-21)16(22)20-8-12(2)17-13(3)9-20;/h4-7,10,12-13,17H,8-9H2,1-3H3;1H. The van der Waals surface area contributed by atoms with Gasteiger partial charge < -0.3 is 10.2 Å². The first kappa shape index (κ1) is 17.4. The highest BCUT2D eigenvalue weighted by Crippen LogP contribution is 2.12. The van der Waals surface area contributed by atoms with Crippen molar-refractivity contribution in [1.29, 1.82) is 0 Å². The van der Waals surface area contributed by atoms with Crippen LogP contribution in [-0.2, 0) is 0 Å². The molecule has 1 amide bonds. The van der Waals surface area contributed by atoms with E-state index in [4.69, 9.17) is 0 Å². The molecule has 2 unspecified atom stereocenters. The van der Waals surface area contributed by atoms with Crippen molar-refractivity contribution in [2.24, 2.45) is 0 Å².